The van der Waals surface area contributed by atoms with Crippen molar-refractivity contribution < 1.29 is 13.2 Å². The maximum atomic E-state index is 12.3. The first kappa shape index (κ1) is 11.7. The van der Waals surface area contributed by atoms with Gasteiger partial charge in [0, 0.05) is 44.5 Å². The summed E-state index contributed by atoms with van der Waals surface area (Å²) in [5.41, 5.74) is 1.05. The van der Waals surface area contributed by atoms with Crippen LogP contribution in [0.3, 0.4) is 0 Å². The molecular formula is C11H13F3N4. The molecule has 7 heteroatoms. The van der Waals surface area contributed by atoms with E-state index in [4.69, 9.17) is 0 Å². The van der Waals surface area contributed by atoms with Crippen molar-refractivity contribution in [2.45, 2.75) is 12.1 Å². The predicted molar refractivity (Wildman–Crippen MR) is 59.4 cm³/mol. The minimum atomic E-state index is -4.10. The molecule has 3 heterocycles. The van der Waals surface area contributed by atoms with Gasteiger partial charge in [0.1, 0.15) is 0 Å². The summed E-state index contributed by atoms with van der Waals surface area (Å²) in [6.07, 6.45) is -0.669. The fraction of sp³-hybridized carbons (Fsp3) is 0.636. The molecule has 0 unspecified atom stereocenters. The molecule has 2 aliphatic heterocycles. The topological polar surface area (TPSA) is 41.1 Å². The number of hydrogen-bond donors (Lipinski definition) is 1. The van der Waals surface area contributed by atoms with Crippen LogP contribution in [-0.4, -0.2) is 42.3 Å². The fourth-order valence-electron chi connectivity index (χ4n) is 2.08. The highest BCUT2D eigenvalue weighted by Gasteiger charge is 2.47. The van der Waals surface area contributed by atoms with Crippen LogP contribution < -0.4 is 10.2 Å². The van der Waals surface area contributed by atoms with E-state index in [0.29, 0.717) is 11.9 Å². The van der Waals surface area contributed by atoms with E-state index in [0.717, 1.165) is 18.7 Å². The van der Waals surface area contributed by atoms with Gasteiger partial charge in [0.05, 0.1) is 5.92 Å². The fourth-order valence-corrected chi connectivity index (χ4v) is 2.08. The summed E-state index contributed by atoms with van der Waals surface area (Å²) >= 11 is 0. The van der Waals surface area contributed by atoms with Crippen LogP contribution >= 0.6 is 0 Å². The van der Waals surface area contributed by atoms with E-state index in [2.05, 4.69) is 15.3 Å². The van der Waals surface area contributed by atoms with Crippen LogP contribution in [0.15, 0.2) is 12.4 Å². The SMILES string of the molecule is FC(F)(F)C1CN(c2ncc(C3CNC3)cn2)C1. The van der Waals surface area contributed by atoms with Gasteiger partial charge in [-0.3, -0.25) is 0 Å². The molecule has 0 aromatic carbocycles. The van der Waals surface area contributed by atoms with Gasteiger partial charge in [-0.15, -0.1) is 0 Å². The molecule has 0 saturated carbocycles. The smallest absolute Gasteiger partial charge is 0.339 e. The molecule has 3 rings (SSSR count). The number of nitrogens with one attached hydrogen (secondary N) is 1. The van der Waals surface area contributed by atoms with Crippen LogP contribution in [0.25, 0.3) is 0 Å². The average molecular weight is 258 g/mol. The molecule has 0 bridgehead atoms. The molecule has 1 aromatic heterocycles. The zero-order valence-electron chi connectivity index (χ0n) is 9.61. The maximum Gasteiger partial charge on any atom is 0.395 e. The van der Waals surface area contributed by atoms with E-state index >= 15 is 0 Å². The normalized spacial score (nSPS) is 21.6. The first-order valence-corrected chi connectivity index (χ1v) is 5.88. The molecule has 0 spiro atoms. The minimum absolute atomic E-state index is 0.0339. The van der Waals surface area contributed by atoms with Crippen LogP contribution in [0.2, 0.25) is 0 Å². The Labute approximate surface area is 102 Å². The summed E-state index contributed by atoms with van der Waals surface area (Å²) in [7, 11) is 0. The van der Waals surface area contributed by atoms with Crippen LogP contribution in [0.1, 0.15) is 11.5 Å². The molecule has 1 N–H and O–H groups in total. The summed E-state index contributed by atoms with van der Waals surface area (Å²) in [5, 5.41) is 3.15. The Morgan fingerprint density at radius 1 is 1.17 bits per heavy atom. The number of hydrogen-bond acceptors (Lipinski definition) is 4. The number of rotatable bonds is 2. The van der Waals surface area contributed by atoms with Gasteiger partial charge < -0.3 is 10.2 Å². The largest absolute Gasteiger partial charge is 0.395 e. The molecule has 2 aliphatic rings. The molecule has 0 radical (unpaired) electrons. The second kappa shape index (κ2) is 4.08. The van der Waals surface area contributed by atoms with Crippen LogP contribution in [0.5, 0.6) is 0 Å². The van der Waals surface area contributed by atoms with E-state index in [9.17, 15) is 13.2 Å². The van der Waals surface area contributed by atoms with Crippen molar-refractivity contribution in [2.24, 2.45) is 5.92 Å². The average Bonchev–Trinajstić information content (AvgIpc) is 2.13. The Kier molecular flexibility index (Phi) is 2.65. The molecule has 18 heavy (non-hydrogen) atoms. The van der Waals surface area contributed by atoms with Crippen molar-refractivity contribution in [2.75, 3.05) is 31.1 Å². The van der Waals surface area contributed by atoms with Crippen molar-refractivity contribution in [1.82, 2.24) is 15.3 Å². The van der Waals surface area contributed by atoms with Crippen molar-refractivity contribution in [1.29, 1.82) is 0 Å². The lowest BCUT2D eigenvalue weighted by molar-refractivity contribution is -0.180. The summed E-state index contributed by atoms with van der Waals surface area (Å²) < 4.78 is 37.0. The lowest BCUT2D eigenvalue weighted by Gasteiger charge is -2.40. The number of nitrogens with zero attached hydrogens (tertiary/aromatic N) is 3. The van der Waals surface area contributed by atoms with Crippen molar-refractivity contribution >= 4 is 5.95 Å². The van der Waals surface area contributed by atoms with Crippen LogP contribution in [-0.2, 0) is 0 Å². The highest BCUT2D eigenvalue weighted by molar-refractivity contribution is 5.35. The van der Waals surface area contributed by atoms with Crippen molar-refractivity contribution in [3.63, 3.8) is 0 Å². The number of anilines is 1. The van der Waals surface area contributed by atoms with Gasteiger partial charge in [0.15, 0.2) is 0 Å². The second-order valence-electron chi connectivity index (χ2n) is 4.82. The Morgan fingerprint density at radius 2 is 1.78 bits per heavy atom. The van der Waals surface area contributed by atoms with Gasteiger partial charge in [0.2, 0.25) is 5.95 Å². The molecule has 1 aromatic rings. The standard InChI is InChI=1S/C11H13F3N4/c12-11(13,14)9-5-18(6-9)10-16-3-8(4-17-10)7-1-15-2-7/h3-4,7,9,15H,1-2,5-6H2. The van der Waals surface area contributed by atoms with Gasteiger partial charge in [-0.1, -0.05) is 0 Å². The maximum absolute atomic E-state index is 12.3. The molecular weight excluding hydrogens is 245 g/mol. The Hall–Kier alpha value is -1.37. The molecule has 4 nitrogen and oxygen atoms in total. The first-order valence-electron chi connectivity index (χ1n) is 5.88. The predicted octanol–water partition coefficient (Wildman–Crippen LogP) is 1.16. The van der Waals surface area contributed by atoms with Gasteiger partial charge in [0.25, 0.3) is 0 Å². The van der Waals surface area contributed by atoms with Crippen molar-refractivity contribution in [3.05, 3.63) is 18.0 Å². The second-order valence-corrected chi connectivity index (χ2v) is 4.82. The summed E-state index contributed by atoms with van der Waals surface area (Å²) in [6, 6.07) is 0. The Morgan fingerprint density at radius 3 is 2.22 bits per heavy atom. The van der Waals surface area contributed by atoms with E-state index in [1.165, 1.54) is 0 Å². The van der Waals surface area contributed by atoms with E-state index in [1.54, 1.807) is 17.3 Å². The molecule has 2 saturated heterocycles. The summed E-state index contributed by atoms with van der Waals surface area (Å²) in [4.78, 5) is 9.84. The van der Waals surface area contributed by atoms with E-state index < -0.39 is 12.1 Å². The molecule has 0 aliphatic carbocycles. The third-order valence-electron chi connectivity index (χ3n) is 3.54. The Balaban J connectivity index is 1.61. The monoisotopic (exact) mass is 258 g/mol. The number of halogens is 3. The van der Waals surface area contributed by atoms with E-state index in [-0.39, 0.29) is 13.1 Å². The summed E-state index contributed by atoms with van der Waals surface area (Å²) in [5.74, 6) is -0.401. The lowest BCUT2D eigenvalue weighted by Crippen LogP contribution is -2.54. The Bertz CT molecular complexity index is 421. The lowest BCUT2D eigenvalue weighted by atomic mass is 9.96. The van der Waals surface area contributed by atoms with Gasteiger partial charge in [-0.25, -0.2) is 9.97 Å². The van der Waals surface area contributed by atoms with Crippen molar-refractivity contribution in [3.8, 4) is 0 Å². The molecule has 0 atom stereocenters. The van der Waals surface area contributed by atoms with E-state index in [1.807, 2.05) is 0 Å². The van der Waals surface area contributed by atoms with Crippen LogP contribution in [0, 0.1) is 5.92 Å². The van der Waals surface area contributed by atoms with Crippen LogP contribution in [0.4, 0.5) is 19.1 Å². The third-order valence-corrected chi connectivity index (χ3v) is 3.54. The zero-order valence-corrected chi connectivity index (χ0v) is 9.61. The highest BCUT2D eigenvalue weighted by Crippen LogP contribution is 2.34. The first-order chi connectivity index (χ1) is 8.54. The number of aromatic nitrogens is 2. The molecule has 98 valence electrons. The van der Waals surface area contributed by atoms with Gasteiger partial charge in [-0.05, 0) is 5.56 Å². The zero-order chi connectivity index (χ0) is 12.8. The quantitative estimate of drug-likeness (QED) is 0.864. The third kappa shape index (κ3) is 2.03. The highest BCUT2D eigenvalue weighted by atomic mass is 19.4. The number of alkyl halides is 3. The summed E-state index contributed by atoms with van der Waals surface area (Å²) in [6.45, 7) is 1.77. The van der Waals surface area contributed by atoms with Gasteiger partial charge >= 0.3 is 6.18 Å². The molecule has 2 fully saturated rings. The minimum Gasteiger partial charge on any atom is -0.339 e. The molecule has 0 amide bonds. The van der Waals surface area contributed by atoms with Gasteiger partial charge in [-0.2, -0.15) is 13.2 Å².